The first-order valence-electron chi connectivity index (χ1n) is 3.73. The maximum atomic E-state index is 4.37. The van der Waals surface area contributed by atoms with Crippen LogP contribution in [0.4, 0.5) is 5.69 Å². The molecule has 2 heteroatoms. The number of halogens is 1. The van der Waals surface area contributed by atoms with Gasteiger partial charge in [-0.2, -0.15) is 0 Å². The summed E-state index contributed by atoms with van der Waals surface area (Å²) in [5.74, 6) is 0. The number of allylic oxidation sites excluding steroid dienone is 1. The van der Waals surface area contributed by atoms with E-state index < -0.39 is 0 Å². The molecule has 0 radical (unpaired) electrons. The largest absolute Gasteiger partial charge is 0.252 e. The summed E-state index contributed by atoms with van der Waals surface area (Å²) in [6.07, 6.45) is 0. The van der Waals surface area contributed by atoms with Crippen LogP contribution in [0.25, 0.3) is 5.57 Å². The molecule has 0 amide bonds. The van der Waals surface area contributed by atoms with Gasteiger partial charge in [0.05, 0.1) is 5.69 Å². The predicted octanol–water partition coefficient (Wildman–Crippen LogP) is 3.57. The van der Waals surface area contributed by atoms with Crippen LogP contribution in [-0.4, -0.2) is 5.71 Å². The van der Waals surface area contributed by atoms with Crippen molar-refractivity contribution in [1.29, 1.82) is 0 Å². The highest BCUT2D eigenvalue weighted by Gasteiger charge is 2.14. The molecule has 1 aromatic carbocycles. The molecule has 0 saturated carbocycles. The molecule has 1 heterocycles. The molecule has 1 aromatic rings. The van der Waals surface area contributed by atoms with Gasteiger partial charge in [0.25, 0.3) is 0 Å². The van der Waals surface area contributed by atoms with Crippen molar-refractivity contribution < 1.29 is 0 Å². The highest BCUT2D eigenvalue weighted by atomic mass is 79.9. The summed E-state index contributed by atoms with van der Waals surface area (Å²) < 4.78 is 1.08. The van der Waals surface area contributed by atoms with Gasteiger partial charge < -0.3 is 0 Å². The van der Waals surface area contributed by atoms with Crippen LogP contribution in [0.3, 0.4) is 0 Å². The number of hydrogen-bond acceptors (Lipinski definition) is 1. The van der Waals surface area contributed by atoms with Gasteiger partial charge in [0.1, 0.15) is 0 Å². The number of nitrogens with zero attached hydrogens (tertiary/aromatic N) is 1. The molecule has 0 aliphatic carbocycles. The standard InChI is InChI=1S/C10H8BrN/c1-6-7(2)12-10-4-3-8(11)5-9(6)10/h3-5H,1H2,2H3. The number of rotatable bonds is 0. The highest BCUT2D eigenvalue weighted by molar-refractivity contribution is 9.10. The third-order valence-corrected chi connectivity index (χ3v) is 2.50. The fraction of sp³-hybridized carbons (Fsp3) is 0.100. The topological polar surface area (TPSA) is 12.4 Å². The Morgan fingerprint density at radius 2 is 2.17 bits per heavy atom. The molecular formula is C10H8BrN. The Labute approximate surface area is 80.0 Å². The van der Waals surface area contributed by atoms with Gasteiger partial charge in [-0.25, -0.2) is 0 Å². The molecule has 0 aromatic heterocycles. The van der Waals surface area contributed by atoms with E-state index in [1.54, 1.807) is 0 Å². The average molecular weight is 222 g/mol. The summed E-state index contributed by atoms with van der Waals surface area (Å²) >= 11 is 3.42. The lowest BCUT2D eigenvalue weighted by molar-refractivity contribution is 1.52. The molecule has 1 aliphatic rings. The summed E-state index contributed by atoms with van der Waals surface area (Å²) in [5, 5.41) is 0. The first-order valence-corrected chi connectivity index (χ1v) is 4.52. The van der Waals surface area contributed by atoms with E-state index in [4.69, 9.17) is 0 Å². The Hall–Kier alpha value is -0.890. The van der Waals surface area contributed by atoms with E-state index in [2.05, 4.69) is 33.6 Å². The van der Waals surface area contributed by atoms with Crippen LogP contribution in [0.5, 0.6) is 0 Å². The minimum atomic E-state index is 1.02. The van der Waals surface area contributed by atoms with E-state index in [9.17, 15) is 0 Å². The molecule has 0 spiro atoms. The molecule has 0 unspecified atom stereocenters. The van der Waals surface area contributed by atoms with E-state index in [0.717, 1.165) is 27.0 Å². The minimum absolute atomic E-state index is 1.02. The van der Waals surface area contributed by atoms with Crippen LogP contribution in [0, 0.1) is 0 Å². The van der Waals surface area contributed by atoms with Crippen LogP contribution in [0.1, 0.15) is 12.5 Å². The monoisotopic (exact) mass is 221 g/mol. The summed E-state index contributed by atoms with van der Waals surface area (Å²) in [7, 11) is 0. The zero-order valence-electron chi connectivity index (χ0n) is 6.76. The Kier molecular flexibility index (Phi) is 1.65. The fourth-order valence-corrected chi connectivity index (χ4v) is 1.65. The highest BCUT2D eigenvalue weighted by Crippen LogP contribution is 2.35. The second kappa shape index (κ2) is 2.56. The van der Waals surface area contributed by atoms with Crippen molar-refractivity contribution in [2.24, 2.45) is 4.99 Å². The van der Waals surface area contributed by atoms with Crippen molar-refractivity contribution in [2.75, 3.05) is 0 Å². The van der Waals surface area contributed by atoms with Gasteiger partial charge in [-0.1, -0.05) is 22.5 Å². The summed E-state index contributed by atoms with van der Waals surface area (Å²) in [5.41, 5.74) is 4.22. The van der Waals surface area contributed by atoms with E-state index in [0.29, 0.717) is 0 Å². The fourth-order valence-electron chi connectivity index (χ4n) is 1.29. The molecule has 1 aliphatic heterocycles. The average Bonchev–Trinajstić information content (AvgIpc) is 2.31. The zero-order chi connectivity index (χ0) is 8.72. The Bertz CT molecular complexity index is 391. The van der Waals surface area contributed by atoms with Crippen molar-refractivity contribution in [3.05, 3.63) is 34.8 Å². The van der Waals surface area contributed by atoms with Crippen molar-refractivity contribution in [2.45, 2.75) is 6.92 Å². The zero-order valence-corrected chi connectivity index (χ0v) is 8.35. The molecule has 0 atom stereocenters. The third-order valence-electron chi connectivity index (χ3n) is 2.01. The molecule has 1 nitrogen and oxygen atoms in total. The van der Waals surface area contributed by atoms with Gasteiger partial charge >= 0.3 is 0 Å². The smallest absolute Gasteiger partial charge is 0.0712 e. The van der Waals surface area contributed by atoms with Crippen LogP contribution >= 0.6 is 15.9 Å². The second-order valence-electron chi connectivity index (χ2n) is 2.84. The molecule has 12 heavy (non-hydrogen) atoms. The summed E-state index contributed by atoms with van der Waals surface area (Å²) in [6, 6.07) is 6.05. The molecule has 0 saturated heterocycles. The first kappa shape index (κ1) is 7.74. The van der Waals surface area contributed by atoms with Gasteiger partial charge in [0.15, 0.2) is 0 Å². The number of fused-ring (bicyclic) bond motifs is 1. The number of hydrogen-bond donors (Lipinski definition) is 0. The lowest BCUT2D eigenvalue weighted by atomic mass is 10.1. The molecule has 0 fully saturated rings. The van der Waals surface area contributed by atoms with Crippen LogP contribution in [0.15, 0.2) is 34.2 Å². The van der Waals surface area contributed by atoms with Gasteiger partial charge in [-0.15, -0.1) is 0 Å². The second-order valence-corrected chi connectivity index (χ2v) is 3.75. The maximum Gasteiger partial charge on any atom is 0.0712 e. The van der Waals surface area contributed by atoms with Crippen molar-refractivity contribution in [3.8, 4) is 0 Å². The number of aliphatic imine (C=N–C) groups is 1. The third kappa shape index (κ3) is 1.03. The van der Waals surface area contributed by atoms with Crippen LogP contribution in [-0.2, 0) is 0 Å². The van der Waals surface area contributed by atoms with Crippen LogP contribution in [0.2, 0.25) is 0 Å². The van der Waals surface area contributed by atoms with Crippen molar-refractivity contribution in [1.82, 2.24) is 0 Å². The Balaban J connectivity index is 2.65. The van der Waals surface area contributed by atoms with Crippen molar-refractivity contribution in [3.63, 3.8) is 0 Å². The molecule has 0 bridgehead atoms. The van der Waals surface area contributed by atoms with Crippen molar-refractivity contribution >= 4 is 32.9 Å². The van der Waals surface area contributed by atoms with Gasteiger partial charge in [-0.05, 0) is 30.7 Å². The normalized spacial score (nSPS) is 14.5. The van der Waals surface area contributed by atoms with E-state index in [1.807, 2.05) is 19.1 Å². The maximum absolute atomic E-state index is 4.37. The summed E-state index contributed by atoms with van der Waals surface area (Å²) in [4.78, 5) is 4.37. The van der Waals surface area contributed by atoms with E-state index in [-0.39, 0.29) is 0 Å². The number of benzene rings is 1. The first-order chi connectivity index (χ1) is 5.68. The minimum Gasteiger partial charge on any atom is -0.252 e. The SMILES string of the molecule is C=C1C(C)=Nc2ccc(Br)cc21. The summed E-state index contributed by atoms with van der Waals surface area (Å²) in [6.45, 7) is 5.95. The van der Waals surface area contributed by atoms with Gasteiger partial charge in [0, 0.05) is 15.7 Å². The molecule has 2 rings (SSSR count). The van der Waals surface area contributed by atoms with E-state index in [1.165, 1.54) is 0 Å². The lowest BCUT2D eigenvalue weighted by Gasteiger charge is -1.98. The lowest BCUT2D eigenvalue weighted by Crippen LogP contribution is -1.86. The predicted molar refractivity (Wildman–Crippen MR) is 55.9 cm³/mol. The molecular weight excluding hydrogens is 214 g/mol. The molecule has 0 N–H and O–H groups in total. The van der Waals surface area contributed by atoms with Gasteiger partial charge in [0.2, 0.25) is 0 Å². The Morgan fingerprint density at radius 1 is 1.42 bits per heavy atom. The molecule has 60 valence electrons. The quantitative estimate of drug-likeness (QED) is 0.636. The Morgan fingerprint density at radius 3 is 2.92 bits per heavy atom. The van der Waals surface area contributed by atoms with Gasteiger partial charge in [-0.3, -0.25) is 4.99 Å². The van der Waals surface area contributed by atoms with E-state index >= 15 is 0 Å². The van der Waals surface area contributed by atoms with Crippen LogP contribution < -0.4 is 0 Å².